The molecule has 0 atom stereocenters. The molecule has 1 N–H and O–H groups in total. The van der Waals surface area contributed by atoms with E-state index in [0.717, 1.165) is 16.5 Å². The van der Waals surface area contributed by atoms with Crippen LogP contribution in [0.15, 0.2) is 42.5 Å². The maximum Gasteiger partial charge on any atom is 0.328 e. The molecule has 3 heteroatoms. The second-order valence-corrected chi connectivity index (χ2v) is 4.23. The molecule has 2 rings (SSSR count). The van der Waals surface area contributed by atoms with Gasteiger partial charge in [0.25, 0.3) is 0 Å². The molecular weight excluding hydrogens is 248 g/mol. The lowest BCUT2D eigenvalue weighted by Gasteiger charge is -2.04. The molecule has 0 spiro atoms. The fourth-order valence-corrected chi connectivity index (χ4v) is 1.88. The third kappa shape index (κ3) is 3.11. The molecule has 0 unspecified atom stereocenters. The molecule has 0 saturated carbocycles. The van der Waals surface area contributed by atoms with Gasteiger partial charge in [0.2, 0.25) is 0 Å². The second-order valence-electron chi connectivity index (χ2n) is 4.23. The zero-order valence-electron chi connectivity index (χ0n) is 10.3. The van der Waals surface area contributed by atoms with Crippen molar-refractivity contribution in [1.29, 1.82) is 0 Å². The number of benzene rings is 2. The Morgan fingerprint density at radius 1 is 1.11 bits per heavy atom. The van der Waals surface area contributed by atoms with E-state index in [9.17, 15) is 4.79 Å². The number of aliphatic carboxylic acids is 1. The van der Waals surface area contributed by atoms with Crippen LogP contribution in [0.25, 0.3) is 16.3 Å². The summed E-state index contributed by atoms with van der Waals surface area (Å²) in [5.41, 5.74) is 2.94. The highest BCUT2D eigenvalue weighted by atomic mass is 35.5. The van der Waals surface area contributed by atoms with Crippen molar-refractivity contribution in [3.63, 3.8) is 0 Å². The SMILES string of the molecule is CC(=CC(=O)O)c1ccc2cc(C)ccc2c1.Cl. The van der Waals surface area contributed by atoms with Crippen LogP contribution in [0, 0.1) is 6.92 Å². The molecule has 0 aromatic heterocycles. The summed E-state index contributed by atoms with van der Waals surface area (Å²) in [6.45, 7) is 3.87. The Bertz CT molecular complexity index is 615. The van der Waals surface area contributed by atoms with Gasteiger partial charge in [0.15, 0.2) is 0 Å². The fourth-order valence-electron chi connectivity index (χ4n) is 1.88. The van der Waals surface area contributed by atoms with Crippen LogP contribution in [-0.4, -0.2) is 11.1 Å². The summed E-state index contributed by atoms with van der Waals surface area (Å²) in [7, 11) is 0. The van der Waals surface area contributed by atoms with Gasteiger partial charge in [-0.2, -0.15) is 0 Å². The van der Waals surface area contributed by atoms with Crippen molar-refractivity contribution in [2.75, 3.05) is 0 Å². The molecule has 0 aliphatic rings. The van der Waals surface area contributed by atoms with Gasteiger partial charge in [0, 0.05) is 6.08 Å². The minimum Gasteiger partial charge on any atom is -0.478 e. The Hall–Kier alpha value is -1.80. The Morgan fingerprint density at radius 3 is 2.39 bits per heavy atom. The molecule has 0 aliphatic carbocycles. The maximum atomic E-state index is 10.6. The van der Waals surface area contributed by atoms with E-state index >= 15 is 0 Å². The highest BCUT2D eigenvalue weighted by molar-refractivity contribution is 5.92. The Kier molecular flexibility index (Phi) is 4.51. The van der Waals surface area contributed by atoms with Crippen molar-refractivity contribution in [2.45, 2.75) is 13.8 Å². The van der Waals surface area contributed by atoms with Gasteiger partial charge in [-0.05, 0) is 41.8 Å². The topological polar surface area (TPSA) is 37.3 Å². The van der Waals surface area contributed by atoms with E-state index in [2.05, 4.69) is 25.1 Å². The van der Waals surface area contributed by atoms with Crippen molar-refractivity contribution in [1.82, 2.24) is 0 Å². The summed E-state index contributed by atoms with van der Waals surface area (Å²) in [5.74, 6) is -0.911. The largest absolute Gasteiger partial charge is 0.478 e. The first-order valence-corrected chi connectivity index (χ1v) is 5.48. The van der Waals surface area contributed by atoms with Gasteiger partial charge in [-0.15, -0.1) is 12.4 Å². The summed E-state index contributed by atoms with van der Waals surface area (Å²) in [4.78, 5) is 10.6. The number of halogens is 1. The first-order valence-electron chi connectivity index (χ1n) is 5.48. The molecule has 2 aromatic carbocycles. The Labute approximate surface area is 112 Å². The molecular formula is C15H15ClO2. The van der Waals surface area contributed by atoms with Crippen LogP contribution in [0.4, 0.5) is 0 Å². The standard InChI is InChI=1S/C15H14O2.ClH/c1-10-3-4-14-9-12(5-6-13(14)7-10)11(2)8-15(16)17;/h3-9H,1-2H3,(H,16,17);1H. The summed E-state index contributed by atoms with van der Waals surface area (Å²) in [6, 6.07) is 12.2. The van der Waals surface area contributed by atoms with E-state index < -0.39 is 5.97 Å². The third-order valence-electron chi connectivity index (χ3n) is 2.79. The Morgan fingerprint density at radius 2 is 1.72 bits per heavy atom. The molecule has 2 nitrogen and oxygen atoms in total. The molecule has 0 aliphatic heterocycles. The van der Waals surface area contributed by atoms with Crippen LogP contribution < -0.4 is 0 Å². The minimum absolute atomic E-state index is 0. The second kappa shape index (κ2) is 5.69. The average Bonchev–Trinajstić information content (AvgIpc) is 2.27. The van der Waals surface area contributed by atoms with E-state index in [-0.39, 0.29) is 12.4 Å². The maximum absolute atomic E-state index is 10.6. The van der Waals surface area contributed by atoms with Crippen molar-refractivity contribution in [3.05, 3.63) is 53.6 Å². The first kappa shape index (κ1) is 14.3. The van der Waals surface area contributed by atoms with Gasteiger partial charge in [-0.3, -0.25) is 0 Å². The predicted octanol–water partition coefficient (Wildman–Crippen LogP) is 4.06. The highest BCUT2D eigenvalue weighted by Crippen LogP contribution is 2.21. The van der Waals surface area contributed by atoms with Gasteiger partial charge in [0.05, 0.1) is 0 Å². The van der Waals surface area contributed by atoms with E-state index in [1.165, 1.54) is 17.0 Å². The molecule has 0 saturated heterocycles. The lowest BCUT2D eigenvalue weighted by Crippen LogP contribution is -1.90. The number of fused-ring (bicyclic) bond motifs is 1. The van der Waals surface area contributed by atoms with E-state index in [4.69, 9.17) is 5.11 Å². The van der Waals surface area contributed by atoms with Crippen LogP contribution in [-0.2, 0) is 4.79 Å². The lowest BCUT2D eigenvalue weighted by atomic mass is 10.0. The molecule has 94 valence electrons. The molecule has 2 aromatic rings. The normalized spacial score (nSPS) is 11.1. The zero-order chi connectivity index (χ0) is 12.4. The van der Waals surface area contributed by atoms with Gasteiger partial charge in [0.1, 0.15) is 0 Å². The molecule has 18 heavy (non-hydrogen) atoms. The van der Waals surface area contributed by atoms with Gasteiger partial charge in [-0.25, -0.2) is 4.79 Å². The number of allylic oxidation sites excluding steroid dienone is 1. The van der Waals surface area contributed by atoms with Crippen LogP contribution >= 0.6 is 12.4 Å². The van der Waals surface area contributed by atoms with Crippen LogP contribution in [0.5, 0.6) is 0 Å². The van der Waals surface area contributed by atoms with Crippen molar-refractivity contribution in [3.8, 4) is 0 Å². The predicted molar refractivity (Wildman–Crippen MR) is 77.2 cm³/mol. The summed E-state index contributed by atoms with van der Waals surface area (Å²) in [6.07, 6.45) is 1.23. The van der Waals surface area contributed by atoms with Gasteiger partial charge < -0.3 is 5.11 Å². The highest BCUT2D eigenvalue weighted by Gasteiger charge is 2.00. The molecule has 0 bridgehead atoms. The first-order chi connectivity index (χ1) is 8.06. The number of carbonyl (C=O) groups is 1. The van der Waals surface area contributed by atoms with Crippen LogP contribution in [0.3, 0.4) is 0 Å². The zero-order valence-corrected chi connectivity index (χ0v) is 11.1. The quantitative estimate of drug-likeness (QED) is 0.829. The molecule has 0 amide bonds. The van der Waals surface area contributed by atoms with E-state index in [1.54, 1.807) is 0 Å². The Balaban J connectivity index is 0.00000162. The van der Waals surface area contributed by atoms with Gasteiger partial charge >= 0.3 is 5.97 Å². The summed E-state index contributed by atoms with van der Waals surface area (Å²) < 4.78 is 0. The number of hydrogen-bond donors (Lipinski definition) is 1. The monoisotopic (exact) mass is 262 g/mol. The summed E-state index contributed by atoms with van der Waals surface area (Å²) in [5, 5.41) is 11.0. The fraction of sp³-hybridized carbons (Fsp3) is 0.133. The van der Waals surface area contributed by atoms with E-state index in [1.807, 2.05) is 25.1 Å². The smallest absolute Gasteiger partial charge is 0.328 e. The number of aryl methyl sites for hydroxylation is 1. The van der Waals surface area contributed by atoms with E-state index in [0.29, 0.717) is 0 Å². The minimum atomic E-state index is -0.911. The molecule has 0 radical (unpaired) electrons. The molecule has 0 fully saturated rings. The summed E-state index contributed by atoms with van der Waals surface area (Å²) >= 11 is 0. The van der Waals surface area contributed by atoms with Crippen LogP contribution in [0.1, 0.15) is 18.1 Å². The van der Waals surface area contributed by atoms with Crippen molar-refractivity contribution in [2.24, 2.45) is 0 Å². The van der Waals surface area contributed by atoms with Crippen molar-refractivity contribution >= 4 is 34.7 Å². The average molecular weight is 263 g/mol. The number of rotatable bonds is 2. The van der Waals surface area contributed by atoms with Gasteiger partial charge in [-0.1, -0.05) is 35.9 Å². The molecule has 0 heterocycles. The van der Waals surface area contributed by atoms with Crippen LogP contribution in [0.2, 0.25) is 0 Å². The number of hydrogen-bond acceptors (Lipinski definition) is 1. The number of carboxylic acid groups (broad SMARTS) is 1. The lowest BCUT2D eigenvalue weighted by molar-refractivity contribution is -0.131. The number of carboxylic acids is 1. The van der Waals surface area contributed by atoms with Crippen molar-refractivity contribution < 1.29 is 9.90 Å². The third-order valence-corrected chi connectivity index (χ3v) is 2.79.